The molecule has 3 aromatic carbocycles. The lowest BCUT2D eigenvalue weighted by Crippen LogP contribution is -2.32. The molecule has 1 aromatic heterocycles. The molecule has 0 aliphatic rings. The number of aryl methyl sites for hydroxylation is 2. The van der Waals surface area contributed by atoms with Crippen molar-refractivity contribution in [1.29, 1.82) is 0 Å². The number of hydrogen-bond donors (Lipinski definition) is 0. The zero-order valence-corrected chi connectivity index (χ0v) is 12.9. The maximum Gasteiger partial charge on any atom is 0.213 e. The summed E-state index contributed by atoms with van der Waals surface area (Å²) in [7, 11) is 2.15. The van der Waals surface area contributed by atoms with E-state index in [1.54, 1.807) is 0 Å². The molecular formula is C21H18N+. The summed E-state index contributed by atoms with van der Waals surface area (Å²) in [6.45, 7) is 2.17. The smallest absolute Gasteiger partial charge is 0.194 e. The summed E-state index contributed by atoms with van der Waals surface area (Å²) in [5, 5.41) is 3.91. The Hall–Kier alpha value is -2.67. The Morgan fingerprint density at radius 1 is 0.682 bits per heavy atom. The molecule has 0 N–H and O–H groups in total. The van der Waals surface area contributed by atoms with E-state index in [1.165, 1.54) is 38.5 Å². The molecule has 0 fully saturated rings. The molecule has 1 heterocycles. The SMILES string of the molecule is Cc1ccccc1-c1ccc2c3ccccc3ccc2[n+]1C. The minimum absolute atomic E-state index is 1.25. The third-order valence-electron chi connectivity index (χ3n) is 4.50. The predicted molar refractivity (Wildman–Crippen MR) is 92.8 cm³/mol. The summed E-state index contributed by atoms with van der Waals surface area (Å²) >= 11 is 0. The first kappa shape index (κ1) is 13.0. The van der Waals surface area contributed by atoms with Gasteiger partial charge in [-0.15, -0.1) is 0 Å². The molecule has 0 unspecified atom stereocenters. The summed E-state index contributed by atoms with van der Waals surface area (Å²) in [6, 6.07) is 26.0. The van der Waals surface area contributed by atoms with Gasteiger partial charge in [-0.3, -0.25) is 0 Å². The van der Waals surface area contributed by atoms with E-state index < -0.39 is 0 Å². The maximum atomic E-state index is 2.30. The molecule has 0 aliphatic heterocycles. The Kier molecular flexibility index (Phi) is 2.93. The van der Waals surface area contributed by atoms with Crippen LogP contribution in [0.2, 0.25) is 0 Å². The van der Waals surface area contributed by atoms with Crippen LogP contribution in [0, 0.1) is 6.92 Å². The van der Waals surface area contributed by atoms with Gasteiger partial charge in [-0.05, 0) is 41.5 Å². The third kappa shape index (κ3) is 1.90. The molecule has 106 valence electrons. The van der Waals surface area contributed by atoms with Crippen LogP contribution < -0.4 is 4.57 Å². The van der Waals surface area contributed by atoms with Crippen LogP contribution in [0.3, 0.4) is 0 Å². The van der Waals surface area contributed by atoms with E-state index in [2.05, 4.69) is 91.3 Å². The average molecular weight is 284 g/mol. The van der Waals surface area contributed by atoms with Crippen molar-refractivity contribution >= 4 is 21.7 Å². The molecule has 0 amide bonds. The molecular weight excluding hydrogens is 266 g/mol. The van der Waals surface area contributed by atoms with Crippen molar-refractivity contribution in [3.8, 4) is 11.3 Å². The number of pyridine rings is 1. The van der Waals surface area contributed by atoms with Gasteiger partial charge in [0, 0.05) is 17.7 Å². The van der Waals surface area contributed by atoms with Gasteiger partial charge in [0.2, 0.25) is 11.2 Å². The molecule has 0 radical (unpaired) electrons. The van der Waals surface area contributed by atoms with Gasteiger partial charge in [0.15, 0.2) is 0 Å². The highest BCUT2D eigenvalue weighted by Crippen LogP contribution is 2.26. The number of aromatic nitrogens is 1. The highest BCUT2D eigenvalue weighted by molar-refractivity contribution is 6.05. The summed E-state index contributed by atoms with van der Waals surface area (Å²) in [5.74, 6) is 0. The Bertz CT molecular complexity index is 999. The van der Waals surface area contributed by atoms with Crippen molar-refractivity contribution in [2.24, 2.45) is 7.05 Å². The fraction of sp³-hybridized carbons (Fsp3) is 0.0952. The average Bonchev–Trinajstić information content (AvgIpc) is 2.56. The van der Waals surface area contributed by atoms with E-state index in [4.69, 9.17) is 0 Å². The van der Waals surface area contributed by atoms with E-state index in [-0.39, 0.29) is 0 Å². The Balaban J connectivity index is 2.07. The van der Waals surface area contributed by atoms with Crippen molar-refractivity contribution in [1.82, 2.24) is 0 Å². The van der Waals surface area contributed by atoms with E-state index in [1.807, 2.05) is 0 Å². The van der Waals surface area contributed by atoms with E-state index in [0.29, 0.717) is 0 Å². The quantitative estimate of drug-likeness (QED) is 0.349. The number of benzene rings is 3. The zero-order valence-electron chi connectivity index (χ0n) is 12.9. The van der Waals surface area contributed by atoms with Crippen LogP contribution in [0.5, 0.6) is 0 Å². The molecule has 0 saturated heterocycles. The van der Waals surface area contributed by atoms with Crippen molar-refractivity contribution in [3.63, 3.8) is 0 Å². The van der Waals surface area contributed by atoms with Crippen molar-refractivity contribution in [2.75, 3.05) is 0 Å². The van der Waals surface area contributed by atoms with E-state index >= 15 is 0 Å². The molecule has 22 heavy (non-hydrogen) atoms. The molecule has 0 atom stereocenters. The molecule has 0 aliphatic carbocycles. The van der Waals surface area contributed by atoms with Crippen LogP contribution in [0.1, 0.15) is 5.56 Å². The first-order chi connectivity index (χ1) is 10.8. The highest BCUT2D eigenvalue weighted by atomic mass is 14.9. The number of rotatable bonds is 1. The zero-order chi connectivity index (χ0) is 15.1. The Labute approximate surface area is 130 Å². The molecule has 1 heteroatoms. The van der Waals surface area contributed by atoms with Crippen LogP contribution in [0.25, 0.3) is 32.9 Å². The minimum Gasteiger partial charge on any atom is -0.194 e. The lowest BCUT2D eigenvalue weighted by Gasteiger charge is -2.08. The van der Waals surface area contributed by atoms with Gasteiger partial charge in [0.25, 0.3) is 0 Å². The molecule has 0 spiro atoms. The standard InChI is InChI=1S/C21H18N/c1-15-7-3-5-9-17(15)20-14-12-19-18-10-6-4-8-16(18)11-13-21(19)22(20)2/h3-14H,1-2H3/q+1. The normalized spacial score (nSPS) is 11.2. The summed E-state index contributed by atoms with van der Waals surface area (Å²) in [6.07, 6.45) is 0. The lowest BCUT2D eigenvalue weighted by atomic mass is 10.0. The van der Waals surface area contributed by atoms with Crippen LogP contribution in [-0.2, 0) is 7.05 Å². The molecule has 4 aromatic rings. The van der Waals surface area contributed by atoms with Crippen LogP contribution in [0.4, 0.5) is 0 Å². The van der Waals surface area contributed by atoms with Crippen LogP contribution in [0.15, 0.2) is 72.8 Å². The number of fused-ring (bicyclic) bond motifs is 3. The van der Waals surface area contributed by atoms with E-state index in [0.717, 1.165) is 0 Å². The van der Waals surface area contributed by atoms with Crippen molar-refractivity contribution < 1.29 is 4.57 Å². The van der Waals surface area contributed by atoms with Gasteiger partial charge in [-0.25, -0.2) is 0 Å². The first-order valence-electron chi connectivity index (χ1n) is 7.62. The van der Waals surface area contributed by atoms with Gasteiger partial charge in [-0.2, -0.15) is 4.57 Å². The third-order valence-corrected chi connectivity index (χ3v) is 4.50. The predicted octanol–water partition coefficient (Wildman–Crippen LogP) is 4.79. The lowest BCUT2D eigenvalue weighted by molar-refractivity contribution is -0.633. The van der Waals surface area contributed by atoms with Crippen LogP contribution >= 0.6 is 0 Å². The largest absolute Gasteiger partial charge is 0.213 e. The summed E-state index contributed by atoms with van der Waals surface area (Å²) < 4.78 is 2.30. The molecule has 1 nitrogen and oxygen atoms in total. The number of nitrogens with zero attached hydrogens (tertiary/aromatic N) is 1. The van der Waals surface area contributed by atoms with Crippen molar-refractivity contribution in [3.05, 3.63) is 78.4 Å². The molecule has 4 rings (SSSR count). The summed E-state index contributed by atoms with van der Waals surface area (Å²) in [4.78, 5) is 0. The fourth-order valence-electron chi connectivity index (χ4n) is 3.29. The fourth-order valence-corrected chi connectivity index (χ4v) is 3.29. The van der Waals surface area contributed by atoms with Crippen molar-refractivity contribution in [2.45, 2.75) is 6.92 Å². The second-order valence-corrected chi connectivity index (χ2v) is 5.81. The van der Waals surface area contributed by atoms with Gasteiger partial charge in [0.05, 0.1) is 5.39 Å². The number of hydrogen-bond acceptors (Lipinski definition) is 0. The minimum atomic E-state index is 1.25. The van der Waals surface area contributed by atoms with Gasteiger partial charge in [-0.1, -0.05) is 42.5 Å². The van der Waals surface area contributed by atoms with E-state index in [9.17, 15) is 0 Å². The van der Waals surface area contributed by atoms with Gasteiger partial charge < -0.3 is 0 Å². The Morgan fingerprint density at radius 2 is 1.45 bits per heavy atom. The monoisotopic (exact) mass is 284 g/mol. The molecule has 0 saturated carbocycles. The summed E-state index contributed by atoms with van der Waals surface area (Å²) in [5.41, 5.74) is 5.11. The second-order valence-electron chi connectivity index (χ2n) is 5.81. The highest BCUT2D eigenvalue weighted by Gasteiger charge is 2.16. The van der Waals surface area contributed by atoms with Gasteiger partial charge in [0.1, 0.15) is 7.05 Å². The molecule has 0 bridgehead atoms. The second kappa shape index (κ2) is 4.96. The Morgan fingerprint density at radius 3 is 2.32 bits per heavy atom. The topological polar surface area (TPSA) is 3.88 Å². The van der Waals surface area contributed by atoms with Crippen LogP contribution in [-0.4, -0.2) is 0 Å². The van der Waals surface area contributed by atoms with Gasteiger partial charge >= 0.3 is 0 Å². The maximum absolute atomic E-state index is 2.30. The first-order valence-corrected chi connectivity index (χ1v) is 7.62.